The van der Waals surface area contributed by atoms with E-state index in [9.17, 15) is 0 Å². The summed E-state index contributed by atoms with van der Waals surface area (Å²) >= 11 is 0. The summed E-state index contributed by atoms with van der Waals surface area (Å²) in [6.07, 6.45) is 3.60. The van der Waals surface area contributed by atoms with Gasteiger partial charge in [0.25, 0.3) is 0 Å². The molecule has 0 atom stereocenters. The Kier molecular flexibility index (Phi) is 3.53. The van der Waals surface area contributed by atoms with E-state index in [0.717, 1.165) is 5.56 Å². The van der Waals surface area contributed by atoms with Crippen LogP contribution in [-0.2, 0) is 0 Å². The first-order chi connectivity index (χ1) is 6.83. The first-order valence-electron chi connectivity index (χ1n) is 5.26. The molecule has 0 spiro atoms. The number of hydrogen-bond donors (Lipinski definition) is 0. The fourth-order valence-electron chi connectivity index (χ4n) is 0.851. The van der Waals surface area contributed by atoms with E-state index in [1.54, 1.807) is 12.4 Å². The van der Waals surface area contributed by atoms with Gasteiger partial charge in [0.1, 0.15) is 7.59 Å². The zero-order valence-corrected chi connectivity index (χ0v) is 12.3. The summed E-state index contributed by atoms with van der Waals surface area (Å²) in [5.74, 6) is 3.30. The van der Waals surface area contributed by atoms with E-state index in [4.69, 9.17) is 0 Å². The highest BCUT2D eigenvalue weighted by Gasteiger charge is 2.35. The summed E-state index contributed by atoms with van der Waals surface area (Å²) in [6.45, 7) is 12.0. The third kappa shape index (κ3) is 3.33. The Labute approximate surface area is 94.8 Å². The van der Waals surface area contributed by atoms with Crippen molar-refractivity contribution >= 4 is 15.2 Å². The van der Waals surface area contributed by atoms with Crippen molar-refractivity contribution in [3.63, 3.8) is 0 Å². The Balaban J connectivity index is 2.92. The zero-order chi connectivity index (χ0) is 11.5. The molecular weight excluding hydrogens is 214 g/mol. The smallest absolute Gasteiger partial charge is 0.123 e. The predicted molar refractivity (Wildman–Crippen MR) is 71.9 cm³/mol. The maximum absolute atomic E-state index is 3.99. The molecule has 0 N–H and O–H groups in total. The molecule has 1 rings (SSSR count). The number of rotatable bonds is 1. The molecule has 0 aliphatic rings. The molecule has 0 aromatic carbocycles. The number of hydrogen-bond acceptors (Lipinski definition) is 1. The number of pyridine rings is 1. The van der Waals surface area contributed by atoms with E-state index in [1.807, 2.05) is 12.1 Å². The van der Waals surface area contributed by atoms with Gasteiger partial charge in [0.05, 0.1) is 7.59 Å². The van der Waals surface area contributed by atoms with E-state index < -0.39 is 15.2 Å². The second-order valence-electron chi connectivity index (χ2n) is 5.36. The van der Waals surface area contributed by atoms with E-state index in [0.29, 0.717) is 0 Å². The van der Waals surface area contributed by atoms with Crippen LogP contribution in [0.25, 0.3) is 0 Å². The third-order valence-electron chi connectivity index (χ3n) is 3.07. The molecule has 0 fully saturated rings. The first kappa shape index (κ1) is 12.2. The molecular formula is C12H19NSi2. The minimum absolute atomic E-state index is 1.09. The SMILES string of the molecule is C[Si](C)(C)[Si](C)(C)C#Cc1ccncc1. The predicted octanol–water partition coefficient (Wildman–Crippen LogP) is 3.10. The molecule has 0 saturated carbocycles. The Bertz CT molecular complexity index is 380. The maximum atomic E-state index is 3.99. The van der Waals surface area contributed by atoms with Gasteiger partial charge in [0.15, 0.2) is 0 Å². The zero-order valence-electron chi connectivity index (χ0n) is 10.3. The summed E-state index contributed by atoms with van der Waals surface area (Å²) < 4.78 is 0. The van der Waals surface area contributed by atoms with Crippen molar-refractivity contribution in [1.29, 1.82) is 0 Å². The van der Waals surface area contributed by atoms with Crippen LogP contribution in [0.2, 0.25) is 32.7 Å². The molecule has 0 aliphatic heterocycles. The lowest BCUT2D eigenvalue weighted by Crippen LogP contribution is -2.51. The van der Waals surface area contributed by atoms with Crippen LogP contribution in [-0.4, -0.2) is 20.2 Å². The van der Waals surface area contributed by atoms with Gasteiger partial charge in [-0.05, 0) is 12.1 Å². The topological polar surface area (TPSA) is 12.9 Å². The second-order valence-corrected chi connectivity index (χ2v) is 21.6. The van der Waals surface area contributed by atoms with Gasteiger partial charge >= 0.3 is 0 Å². The fourth-order valence-corrected chi connectivity index (χ4v) is 3.00. The monoisotopic (exact) mass is 233 g/mol. The van der Waals surface area contributed by atoms with Gasteiger partial charge in [0.2, 0.25) is 0 Å². The van der Waals surface area contributed by atoms with Crippen LogP contribution < -0.4 is 0 Å². The highest BCUT2D eigenvalue weighted by molar-refractivity contribution is 7.43. The van der Waals surface area contributed by atoms with E-state index >= 15 is 0 Å². The Morgan fingerprint density at radius 1 is 1.00 bits per heavy atom. The summed E-state index contributed by atoms with van der Waals surface area (Å²) in [7, 11) is -2.42. The molecule has 1 aromatic heterocycles. The lowest BCUT2D eigenvalue weighted by Gasteiger charge is -2.29. The minimum Gasteiger partial charge on any atom is -0.265 e. The van der Waals surface area contributed by atoms with Crippen molar-refractivity contribution in [2.45, 2.75) is 32.7 Å². The van der Waals surface area contributed by atoms with Crippen molar-refractivity contribution in [2.24, 2.45) is 0 Å². The average Bonchev–Trinajstić information content (AvgIpc) is 2.15. The first-order valence-corrected chi connectivity index (χ1v) is 12.8. The van der Waals surface area contributed by atoms with Gasteiger partial charge in [0, 0.05) is 18.0 Å². The van der Waals surface area contributed by atoms with Crippen LogP contribution in [0.4, 0.5) is 0 Å². The van der Waals surface area contributed by atoms with Crippen molar-refractivity contribution in [2.75, 3.05) is 0 Å². The van der Waals surface area contributed by atoms with Crippen molar-refractivity contribution in [3.8, 4) is 11.5 Å². The quantitative estimate of drug-likeness (QED) is 0.536. The summed E-state index contributed by atoms with van der Waals surface area (Å²) in [5.41, 5.74) is 4.62. The van der Waals surface area contributed by atoms with Crippen molar-refractivity contribution < 1.29 is 0 Å². The fraction of sp³-hybridized carbons (Fsp3) is 0.417. The molecule has 80 valence electrons. The normalized spacial score (nSPS) is 11.8. The van der Waals surface area contributed by atoms with Crippen LogP contribution in [0.5, 0.6) is 0 Å². The van der Waals surface area contributed by atoms with Crippen LogP contribution in [0, 0.1) is 11.5 Å². The number of nitrogens with zero attached hydrogens (tertiary/aromatic N) is 1. The second kappa shape index (κ2) is 4.34. The number of aromatic nitrogens is 1. The van der Waals surface area contributed by atoms with Gasteiger partial charge in [-0.1, -0.05) is 38.7 Å². The molecule has 0 aliphatic carbocycles. The Morgan fingerprint density at radius 3 is 2.00 bits per heavy atom. The van der Waals surface area contributed by atoms with E-state index in [2.05, 4.69) is 49.2 Å². The molecule has 1 nitrogen and oxygen atoms in total. The highest BCUT2D eigenvalue weighted by atomic mass is 29.3. The Hall–Kier alpha value is -0.856. The van der Waals surface area contributed by atoms with Gasteiger partial charge in [-0.15, -0.1) is 5.54 Å². The van der Waals surface area contributed by atoms with Crippen molar-refractivity contribution in [1.82, 2.24) is 4.98 Å². The standard InChI is InChI=1S/C12H19NSi2/c1-14(2,3)15(4,5)11-8-12-6-9-13-10-7-12/h6-7,9-10H,1-5H3. The lowest BCUT2D eigenvalue weighted by molar-refractivity contribution is 1.32. The summed E-state index contributed by atoms with van der Waals surface area (Å²) in [4.78, 5) is 3.99. The molecule has 3 heteroatoms. The van der Waals surface area contributed by atoms with Gasteiger partial charge in [-0.2, -0.15) is 0 Å². The van der Waals surface area contributed by atoms with Gasteiger partial charge in [-0.25, -0.2) is 0 Å². The Morgan fingerprint density at radius 2 is 1.53 bits per heavy atom. The largest absolute Gasteiger partial charge is 0.265 e. The summed E-state index contributed by atoms with van der Waals surface area (Å²) in [6, 6.07) is 3.95. The van der Waals surface area contributed by atoms with Gasteiger partial charge in [-0.3, -0.25) is 4.98 Å². The van der Waals surface area contributed by atoms with Crippen LogP contribution in [0.3, 0.4) is 0 Å². The van der Waals surface area contributed by atoms with Crippen LogP contribution in [0.15, 0.2) is 24.5 Å². The molecule has 1 aromatic rings. The average molecular weight is 233 g/mol. The summed E-state index contributed by atoms with van der Waals surface area (Å²) in [5, 5.41) is 0. The maximum Gasteiger partial charge on any atom is 0.123 e. The molecule has 0 amide bonds. The van der Waals surface area contributed by atoms with Crippen LogP contribution in [0.1, 0.15) is 5.56 Å². The molecule has 0 unspecified atom stereocenters. The molecule has 0 bridgehead atoms. The van der Waals surface area contributed by atoms with E-state index in [-0.39, 0.29) is 0 Å². The molecule has 1 heterocycles. The van der Waals surface area contributed by atoms with E-state index in [1.165, 1.54) is 0 Å². The molecule has 0 saturated heterocycles. The van der Waals surface area contributed by atoms with Gasteiger partial charge < -0.3 is 0 Å². The molecule has 15 heavy (non-hydrogen) atoms. The third-order valence-corrected chi connectivity index (χ3v) is 19.2. The van der Waals surface area contributed by atoms with Crippen molar-refractivity contribution in [3.05, 3.63) is 30.1 Å². The minimum atomic E-state index is -1.33. The highest BCUT2D eigenvalue weighted by Crippen LogP contribution is 2.17. The van der Waals surface area contributed by atoms with Crippen LogP contribution >= 0.6 is 0 Å². The lowest BCUT2D eigenvalue weighted by atomic mass is 10.3. The molecule has 0 radical (unpaired) electrons.